The molecule has 4 N–H and O–H groups in total. The third-order valence-corrected chi connectivity index (χ3v) is 5.37. The molecule has 0 atom stereocenters. The Kier molecular flexibility index (Phi) is 6.41. The summed E-state index contributed by atoms with van der Waals surface area (Å²) in [5.41, 5.74) is 4.31. The molecule has 10 nitrogen and oxygen atoms in total. The Balaban J connectivity index is 1.65. The maximum absolute atomic E-state index is 12.9. The molecule has 0 bridgehead atoms. The highest BCUT2D eigenvalue weighted by molar-refractivity contribution is 6.37. The van der Waals surface area contributed by atoms with Crippen LogP contribution in [0, 0.1) is 0 Å². The minimum absolute atomic E-state index is 0.00962. The van der Waals surface area contributed by atoms with Crippen molar-refractivity contribution >= 4 is 34.9 Å². The van der Waals surface area contributed by atoms with Gasteiger partial charge in [0.1, 0.15) is 17.7 Å². The molecule has 35 heavy (non-hydrogen) atoms. The molecule has 176 valence electrons. The summed E-state index contributed by atoms with van der Waals surface area (Å²) >= 11 is 12.6. The van der Waals surface area contributed by atoms with Gasteiger partial charge in [0.2, 0.25) is 5.91 Å². The van der Waals surface area contributed by atoms with Gasteiger partial charge in [0.15, 0.2) is 11.5 Å². The summed E-state index contributed by atoms with van der Waals surface area (Å²) in [5, 5.41) is 14.0. The molecule has 3 aromatic carbocycles. The van der Waals surface area contributed by atoms with Gasteiger partial charge in [-0.3, -0.25) is 19.4 Å². The fourth-order valence-corrected chi connectivity index (χ4v) is 3.68. The molecule has 12 heteroatoms. The highest BCUT2D eigenvalue weighted by Crippen LogP contribution is 2.39. The topological polar surface area (TPSA) is 157 Å². The smallest absolute Gasteiger partial charge is 0.349 e. The second kappa shape index (κ2) is 9.45. The lowest BCUT2D eigenvalue weighted by Gasteiger charge is -2.13. The van der Waals surface area contributed by atoms with Crippen LogP contribution in [-0.2, 0) is 0 Å². The van der Waals surface area contributed by atoms with Crippen molar-refractivity contribution in [3.05, 3.63) is 108 Å². The zero-order valence-corrected chi connectivity index (χ0v) is 19.0. The predicted molar refractivity (Wildman–Crippen MR) is 127 cm³/mol. The van der Waals surface area contributed by atoms with E-state index in [4.69, 9.17) is 33.7 Å². The second-order valence-electron chi connectivity index (χ2n) is 7.14. The molecule has 0 aliphatic rings. The summed E-state index contributed by atoms with van der Waals surface area (Å²) in [4.78, 5) is 49.4. The number of benzene rings is 3. The number of rotatable bonds is 6. The number of nitrogens with zero attached hydrogens (tertiary/aromatic N) is 2. The van der Waals surface area contributed by atoms with Gasteiger partial charge in [-0.25, -0.2) is 4.79 Å². The second-order valence-corrected chi connectivity index (χ2v) is 7.96. The third kappa shape index (κ3) is 4.93. The van der Waals surface area contributed by atoms with Crippen LogP contribution in [0.25, 0.3) is 5.69 Å². The number of H-pyrrole nitrogens is 1. The van der Waals surface area contributed by atoms with E-state index >= 15 is 0 Å². The number of hydrogen-bond acceptors (Lipinski definition) is 7. The van der Waals surface area contributed by atoms with Crippen LogP contribution in [-0.4, -0.2) is 31.6 Å². The van der Waals surface area contributed by atoms with Gasteiger partial charge in [0.25, 0.3) is 5.56 Å². The number of carbonyl (C=O) groups excluding carboxylic acids is 2. The van der Waals surface area contributed by atoms with E-state index in [9.17, 15) is 24.3 Å². The standard InChI is InChI=1S/C23H14Cl2N4O6/c24-16-7-13(29-23(34)28-19(31)10-27-29)8-17(25)21(16)35-14-5-6-18(30)15(9-14)20(32)11-1-3-12(4-2-11)22(26)33/h1-10,30H,(H2,26,33)(H,28,31,34). The van der Waals surface area contributed by atoms with Crippen LogP contribution in [0.4, 0.5) is 0 Å². The summed E-state index contributed by atoms with van der Waals surface area (Å²) in [5.74, 6) is -1.30. The van der Waals surface area contributed by atoms with Crippen molar-refractivity contribution in [3.63, 3.8) is 0 Å². The number of phenolic OH excluding ortho intramolecular Hbond substituents is 1. The normalized spacial score (nSPS) is 10.7. The van der Waals surface area contributed by atoms with Crippen LogP contribution in [0.5, 0.6) is 17.2 Å². The lowest BCUT2D eigenvalue weighted by molar-refractivity contribution is 0.0996. The van der Waals surface area contributed by atoms with E-state index < -0.39 is 22.9 Å². The van der Waals surface area contributed by atoms with Gasteiger partial charge >= 0.3 is 5.69 Å². The van der Waals surface area contributed by atoms with Crippen LogP contribution in [0.1, 0.15) is 26.3 Å². The van der Waals surface area contributed by atoms with Gasteiger partial charge in [0.05, 0.1) is 21.3 Å². The minimum atomic E-state index is -0.788. The number of nitrogens with one attached hydrogen (secondary N) is 1. The molecular formula is C23H14Cl2N4O6. The number of ether oxygens (including phenoxy) is 1. The third-order valence-electron chi connectivity index (χ3n) is 4.80. The Morgan fingerprint density at radius 1 is 0.971 bits per heavy atom. The van der Waals surface area contributed by atoms with E-state index in [0.29, 0.717) is 0 Å². The van der Waals surface area contributed by atoms with Crippen molar-refractivity contribution in [1.29, 1.82) is 0 Å². The Morgan fingerprint density at radius 3 is 2.20 bits per heavy atom. The van der Waals surface area contributed by atoms with Gasteiger partial charge in [-0.1, -0.05) is 35.3 Å². The number of ketones is 1. The highest BCUT2D eigenvalue weighted by atomic mass is 35.5. The fraction of sp³-hybridized carbons (Fsp3) is 0. The molecular weight excluding hydrogens is 499 g/mol. The molecule has 4 aromatic rings. The largest absolute Gasteiger partial charge is 0.507 e. The molecule has 1 aromatic heterocycles. The number of amides is 1. The lowest BCUT2D eigenvalue weighted by Crippen LogP contribution is -2.30. The Labute approximate surface area is 206 Å². The van der Waals surface area contributed by atoms with Crippen molar-refractivity contribution in [1.82, 2.24) is 14.8 Å². The SMILES string of the molecule is NC(=O)c1ccc(C(=O)c2cc(Oc3c(Cl)cc(-n4ncc(=O)[nH]c4=O)cc3Cl)ccc2O)cc1. The van der Waals surface area contributed by atoms with Crippen LogP contribution in [0.3, 0.4) is 0 Å². The molecule has 0 radical (unpaired) electrons. The van der Waals surface area contributed by atoms with Crippen molar-refractivity contribution < 1.29 is 19.4 Å². The quantitative estimate of drug-likeness (QED) is 0.335. The van der Waals surface area contributed by atoms with Crippen LogP contribution < -0.4 is 21.7 Å². The number of aromatic nitrogens is 3. The monoisotopic (exact) mass is 512 g/mol. The number of halogens is 2. The number of aromatic hydroxyl groups is 1. The van der Waals surface area contributed by atoms with Gasteiger partial charge in [0, 0.05) is 11.1 Å². The molecule has 1 heterocycles. The number of phenols is 1. The van der Waals surface area contributed by atoms with E-state index in [1.165, 1.54) is 54.6 Å². The van der Waals surface area contributed by atoms with E-state index in [0.717, 1.165) is 10.9 Å². The number of nitrogens with two attached hydrogens (primary N) is 1. The van der Waals surface area contributed by atoms with Gasteiger partial charge < -0.3 is 15.6 Å². The molecule has 0 saturated carbocycles. The minimum Gasteiger partial charge on any atom is -0.507 e. The first-order valence-electron chi connectivity index (χ1n) is 9.77. The average Bonchev–Trinajstić information content (AvgIpc) is 2.82. The first kappa shape index (κ1) is 23.7. The molecule has 0 aliphatic heterocycles. The molecule has 0 saturated heterocycles. The first-order valence-corrected chi connectivity index (χ1v) is 10.5. The van der Waals surface area contributed by atoms with Crippen molar-refractivity contribution in [3.8, 4) is 22.9 Å². The summed E-state index contributed by atoms with van der Waals surface area (Å²) in [7, 11) is 0. The molecule has 0 aliphatic carbocycles. The molecule has 4 rings (SSSR count). The van der Waals surface area contributed by atoms with Crippen LogP contribution in [0.15, 0.2) is 70.4 Å². The summed E-state index contributed by atoms with van der Waals surface area (Å²) in [6, 6.07) is 12.3. The van der Waals surface area contributed by atoms with E-state index in [-0.39, 0.29) is 49.7 Å². The number of hydrogen-bond donors (Lipinski definition) is 3. The van der Waals surface area contributed by atoms with Crippen LogP contribution >= 0.6 is 23.2 Å². The zero-order valence-electron chi connectivity index (χ0n) is 17.5. The van der Waals surface area contributed by atoms with Crippen LogP contribution in [0.2, 0.25) is 10.0 Å². The Hall–Kier alpha value is -4.41. The number of primary amides is 1. The Bertz CT molecular complexity index is 1570. The van der Waals surface area contributed by atoms with Crippen molar-refractivity contribution in [2.24, 2.45) is 5.73 Å². The van der Waals surface area contributed by atoms with Gasteiger partial charge in [-0.05, 0) is 42.5 Å². The number of aromatic amines is 1. The van der Waals surface area contributed by atoms with Gasteiger partial charge in [-0.2, -0.15) is 9.78 Å². The summed E-state index contributed by atoms with van der Waals surface area (Å²) in [6.07, 6.45) is 0.921. The average molecular weight is 513 g/mol. The van der Waals surface area contributed by atoms with Gasteiger partial charge in [-0.15, -0.1) is 0 Å². The van der Waals surface area contributed by atoms with Crippen molar-refractivity contribution in [2.45, 2.75) is 0 Å². The number of carbonyl (C=O) groups is 2. The highest BCUT2D eigenvalue weighted by Gasteiger charge is 2.18. The maximum atomic E-state index is 12.9. The molecule has 0 spiro atoms. The molecule has 1 amide bonds. The summed E-state index contributed by atoms with van der Waals surface area (Å²) < 4.78 is 6.65. The summed E-state index contributed by atoms with van der Waals surface area (Å²) in [6.45, 7) is 0. The predicted octanol–water partition coefficient (Wildman–Crippen LogP) is 3.06. The molecule has 0 fully saturated rings. The maximum Gasteiger partial charge on any atom is 0.349 e. The van der Waals surface area contributed by atoms with E-state index in [1.54, 1.807) is 0 Å². The lowest BCUT2D eigenvalue weighted by atomic mass is 10.0. The van der Waals surface area contributed by atoms with Crippen molar-refractivity contribution in [2.75, 3.05) is 0 Å². The Morgan fingerprint density at radius 2 is 1.60 bits per heavy atom. The first-order chi connectivity index (χ1) is 16.6. The zero-order chi connectivity index (χ0) is 25.3. The van der Waals surface area contributed by atoms with E-state index in [2.05, 4.69) is 10.1 Å². The molecule has 0 unspecified atom stereocenters. The fourth-order valence-electron chi connectivity index (χ4n) is 3.12. The van der Waals surface area contributed by atoms with E-state index in [1.807, 2.05) is 0 Å².